The SMILES string of the molecule is O=C(Nc1ncnc2c1ncn2[C@@H]1O[C@H](CNS(=O)(=O)O[C@@H]2[C@H](F)[C@@H](CO)O[C@H]2n2cnc3c(NC(=O)c4ccccc4)ncnc32)[C@@H](O)[C@H]1F)c1ccccc1. The fourth-order valence-corrected chi connectivity index (χ4v) is 7.36. The summed E-state index contributed by atoms with van der Waals surface area (Å²) in [7, 11) is -4.90. The average molecular weight is 808 g/mol. The Kier molecular flexibility index (Phi) is 10.3. The monoisotopic (exact) mass is 807 g/mol. The summed E-state index contributed by atoms with van der Waals surface area (Å²) < 4.78 is 78.7. The molecule has 6 aromatic rings. The first-order valence-electron chi connectivity index (χ1n) is 17.2. The third kappa shape index (κ3) is 7.39. The van der Waals surface area contributed by atoms with Crippen LogP contribution in [-0.2, 0) is 24.0 Å². The van der Waals surface area contributed by atoms with Gasteiger partial charge in [0.1, 0.15) is 31.0 Å². The Hall–Kier alpha value is -5.95. The van der Waals surface area contributed by atoms with Gasteiger partial charge in [-0.2, -0.15) is 13.1 Å². The number of carbonyl (C=O) groups is 2. The summed E-state index contributed by atoms with van der Waals surface area (Å²) in [6.07, 6.45) is -9.66. The number of halogens is 2. The van der Waals surface area contributed by atoms with Crippen molar-refractivity contribution >= 4 is 56.1 Å². The number of rotatable bonds is 12. The van der Waals surface area contributed by atoms with Gasteiger partial charge in [0.2, 0.25) is 0 Å². The van der Waals surface area contributed by atoms with Crippen molar-refractivity contribution in [2.45, 2.75) is 49.2 Å². The molecular weight excluding hydrogens is 777 g/mol. The van der Waals surface area contributed by atoms with Crippen LogP contribution in [0.4, 0.5) is 20.4 Å². The lowest BCUT2D eigenvalue weighted by atomic mass is 10.1. The highest BCUT2D eigenvalue weighted by Crippen LogP contribution is 2.37. The van der Waals surface area contributed by atoms with Crippen molar-refractivity contribution in [3.05, 3.63) is 97.1 Å². The van der Waals surface area contributed by atoms with Crippen molar-refractivity contribution in [3.8, 4) is 0 Å². The first-order chi connectivity index (χ1) is 27.5. The van der Waals surface area contributed by atoms with E-state index in [9.17, 15) is 28.2 Å². The number of aliphatic hydroxyl groups excluding tert-OH is 2. The third-order valence-corrected chi connectivity index (χ3v) is 10.2. The van der Waals surface area contributed by atoms with E-state index in [1.165, 1.54) is 6.33 Å². The molecule has 2 aliphatic heterocycles. The topological polar surface area (TPSA) is 260 Å². The molecule has 6 heterocycles. The molecule has 296 valence electrons. The minimum absolute atomic E-state index is 0.00105. The number of aromatic nitrogens is 8. The summed E-state index contributed by atoms with van der Waals surface area (Å²) in [5.41, 5.74) is 0.873. The number of hydrogen-bond donors (Lipinski definition) is 5. The van der Waals surface area contributed by atoms with Crippen LogP contribution in [0.1, 0.15) is 33.2 Å². The number of carbonyl (C=O) groups excluding carboxylic acids is 2. The molecular formula is C34H31F2N11O9S. The van der Waals surface area contributed by atoms with Crippen molar-refractivity contribution in [2.75, 3.05) is 23.8 Å². The van der Waals surface area contributed by atoms with Crippen LogP contribution in [0.15, 0.2) is 86.0 Å². The van der Waals surface area contributed by atoms with E-state index in [1.54, 1.807) is 60.7 Å². The van der Waals surface area contributed by atoms with Crippen molar-refractivity contribution in [2.24, 2.45) is 0 Å². The van der Waals surface area contributed by atoms with Gasteiger partial charge in [-0.15, -0.1) is 0 Å². The van der Waals surface area contributed by atoms with Gasteiger partial charge >= 0.3 is 10.3 Å². The van der Waals surface area contributed by atoms with E-state index >= 15 is 8.78 Å². The molecule has 0 aliphatic carbocycles. The van der Waals surface area contributed by atoms with Crippen LogP contribution in [0.3, 0.4) is 0 Å². The summed E-state index contributed by atoms with van der Waals surface area (Å²) in [5.74, 6) is -0.960. The maximum Gasteiger partial charge on any atom is 0.336 e. The number of amides is 2. The van der Waals surface area contributed by atoms with Crippen LogP contribution < -0.4 is 15.4 Å². The van der Waals surface area contributed by atoms with Gasteiger partial charge in [-0.3, -0.25) is 18.7 Å². The first kappa shape index (κ1) is 37.9. The van der Waals surface area contributed by atoms with Crippen molar-refractivity contribution in [3.63, 3.8) is 0 Å². The minimum Gasteiger partial charge on any atom is -0.394 e. The number of nitrogens with one attached hydrogen (secondary N) is 3. The summed E-state index contributed by atoms with van der Waals surface area (Å²) in [6, 6.07) is 16.6. The third-order valence-electron chi connectivity index (χ3n) is 9.24. The number of aliphatic hydroxyl groups is 2. The van der Waals surface area contributed by atoms with Gasteiger partial charge in [-0.05, 0) is 24.3 Å². The molecule has 8 atom stereocenters. The second kappa shape index (κ2) is 15.5. The molecule has 0 unspecified atom stereocenters. The highest BCUT2D eigenvalue weighted by molar-refractivity contribution is 7.84. The van der Waals surface area contributed by atoms with E-state index in [0.29, 0.717) is 11.1 Å². The summed E-state index contributed by atoms with van der Waals surface area (Å²) >= 11 is 0. The Morgan fingerprint density at radius 2 is 1.25 bits per heavy atom. The highest BCUT2D eigenvalue weighted by Gasteiger charge is 2.50. The first-order valence-corrected chi connectivity index (χ1v) is 18.6. The molecule has 8 rings (SSSR count). The number of anilines is 2. The number of alkyl halides is 2. The second-order valence-electron chi connectivity index (χ2n) is 12.8. The number of fused-ring (bicyclic) bond motifs is 2. The molecule has 2 fully saturated rings. The number of hydrogen-bond acceptors (Lipinski definition) is 15. The fraction of sp³-hybridized carbons (Fsp3) is 0.294. The number of imidazole rings is 2. The van der Waals surface area contributed by atoms with Gasteiger partial charge in [0, 0.05) is 17.7 Å². The van der Waals surface area contributed by atoms with E-state index in [2.05, 4.69) is 40.5 Å². The Labute approximate surface area is 320 Å². The van der Waals surface area contributed by atoms with Crippen LogP contribution >= 0.6 is 0 Å². The van der Waals surface area contributed by atoms with Crippen LogP contribution in [0, 0.1) is 0 Å². The average Bonchev–Trinajstić information content (AvgIpc) is 3.99. The number of ether oxygens (including phenoxy) is 2. The van der Waals surface area contributed by atoms with Gasteiger partial charge < -0.3 is 30.3 Å². The van der Waals surface area contributed by atoms with E-state index in [-0.39, 0.29) is 34.0 Å². The maximum absolute atomic E-state index is 15.7. The zero-order chi connectivity index (χ0) is 39.8. The zero-order valence-electron chi connectivity index (χ0n) is 29.1. The molecule has 0 radical (unpaired) electrons. The van der Waals surface area contributed by atoms with Gasteiger partial charge in [0.15, 0.2) is 64.9 Å². The molecule has 57 heavy (non-hydrogen) atoms. The molecule has 5 N–H and O–H groups in total. The van der Waals surface area contributed by atoms with E-state index < -0.39 is 84.5 Å². The Morgan fingerprint density at radius 1 is 0.737 bits per heavy atom. The highest BCUT2D eigenvalue weighted by atomic mass is 32.2. The molecule has 4 aromatic heterocycles. The van der Waals surface area contributed by atoms with Gasteiger partial charge in [0.25, 0.3) is 11.8 Å². The molecule has 2 saturated heterocycles. The zero-order valence-corrected chi connectivity index (χ0v) is 29.9. The fourth-order valence-electron chi connectivity index (χ4n) is 6.43. The molecule has 23 heteroatoms. The van der Waals surface area contributed by atoms with E-state index in [1.807, 2.05) is 4.72 Å². The van der Waals surface area contributed by atoms with Crippen LogP contribution in [0.2, 0.25) is 0 Å². The van der Waals surface area contributed by atoms with Crippen molar-refractivity contribution in [1.29, 1.82) is 0 Å². The lowest BCUT2D eigenvalue weighted by Gasteiger charge is -2.22. The predicted octanol–water partition coefficient (Wildman–Crippen LogP) is 1.21. The summed E-state index contributed by atoms with van der Waals surface area (Å²) in [4.78, 5) is 50.4. The van der Waals surface area contributed by atoms with E-state index in [4.69, 9.17) is 13.7 Å². The molecule has 2 aliphatic rings. The molecule has 2 aromatic carbocycles. The van der Waals surface area contributed by atoms with Gasteiger partial charge in [-0.25, -0.2) is 42.9 Å². The Balaban J connectivity index is 0.960. The lowest BCUT2D eigenvalue weighted by molar-refractivity contribution is -0.0453. The summed E-state index contributed by atoms with van der Waals surface area (Å²) in [5, 5.41) is 25.8. The Bertz CT molecular complexity index is 2530. The van der Waals surface area contributed by atoms with Crippen molar-refractivity contribution in [1.82, 2.24) is 43.8 Å². The summed E-state index contributed by atoms with van der Waals surface area (Å²) in [6.45, 7) is -1.58. The largest absolute Gasteiger partial charge is 0.394 e. The molecule has 0 saturated carbocycles. The predicted molar refractivity (Wildman–Crippen MR) is 192 cm³/mol. The van der Waals surface area contributed by atoms with Crippen molar-refractivity contribution < 1.29 is 50.7 Å². The second-order valence-corrected chi connectivity index (χ2v) is 14.2. The van der Waals surface area contributed by atoms with Gasteiger partial charge in [-0.1, -0.05) is 36.4 Å². The molecule has 2 amide bonds. The quantitative estimate of drug-likeness (QED) is 0.116. The van der Waals surface area contributed by atoms with Crippen LogP contribution in [0.5, 0.6) is 0 Å². The van der Waals surface area contributed by atoms with Crippen LogP contribution in [-0.4, -0.2) is 119 Å². The Morgan fingerprint density at radius 3 is 1.77 bits per heavy atom. The van der Waals surface area contributed by atoms with E-state index in [0.717, 1.165) is 28.1 Å². The number of benzene rings is 2. The molecule has 20 nitrogen and oxygen atoms in total. The maximum atomic E-state index is 15.7. The lowest BCUT2D eigenvalue weighted by Crippen LogP contribution is -2.42. The molecule has 0 spiro atoms. The standard InChI is InChI=1S/C34H31F2N11O9S/c35-21-20(12-48)55-34(47-16-42-24-28(38-14-40-30(24)47)45-32(51)18-9-5-2-6-10-18)26(21)56-57(52,53)43-11-19-25(49)22(36)33(54-19)46-15-41-23-27(37-13-39-29(23)46)44-31(50)17-7-3-1-4-8-17/h1-10,13-16,19-22,25-26,33-34,43,48-49H,11-12H2,(H,37,39,44,50)(H,38,40,45,51)/t19-,20-,21-,22-,25-,26-,33-,34-/m1/s1. The smallest absolute Gasteiger partial charge is 0.336 e. The normalized spacial score (nSPS) is 24.9. The van der Waals surface area contributed by atoms with Crippen LogP contribution in [0.25, 0.3) is 22.3 Å². The van der Waals surface area contributed by atoms with Gasteiger partial charge in [0.05, 0.1) is 19.3 Å². The minimum atomic E-state index is -4.90. The number of nitrogens with zero attached hydrogens (tertiary/aromatic N) is 8. The molecule has 0 bridgehead atoms.